The summed E-state index contributed by atoms with van der Waals surface area (Å²) < 4.78 is 0.895. The SMILES string of the molecule is Cc1cc(Br)cc(C(=O)NC(CCO)C(C)(C)C)c1. The van der Waals surface area contributed by atoms with Crippen LogP contribution in [-0.2, 0) is 0 Å². The zero-order valence-corrected chi connectivity index (χ0v) is 13.5. The van der Waals surface area contributed by atoms with Crippen LogP contribution in [0.25, 0.3) is 0 Å². The smallest absolute Gasteiger partial charge is 0.251 e. The minimum Gasteiger partial charge on any atom is -0.396 e. The lowest BCUT2D eigenvalue weighted by Crippen LogP contribution is -2.44. The van der Waals surface area contributed by atoms with Crippen molar-refractivity contribution >= 4 is 21.8 Å². The van der Waals surface area contributed by atoms with Gasteiger partial charge in [0, 0.05) is 22.7 Å². The predicted octanol–water partition coefficient (Wildman–Crippen LogP) is 3.28. The van der Waals surface area contributed by atoms with Crippen molar-refractivity contribution in [2.45, 2.75) is 40.2 Å². The molecule has 0 heterocycles. The molecule has 0 spiro atoms. The first-order valence-electron chi connectivity index (χ1n) is 6.43. The Morgan fingerprint density at radius 1 is 1.37 bits per heavy atom. The Labute approximate surface area is 123 Å². The van der Waals surface area contributed by atoms with Gasteiger partial charge in [-0.25, -0.2) is 0 Å². The predicted molar refractivity (Wildman–Crippen MR) is 81.3 cm³/mol. The summed E-state index contributed by atoms with van der Waals surface area (Å²) in [4.78, 5) is 12.3. The number of amides is 1. The Morgan fingerprint density at radius 2 is 2.00 bits per heavy atom. The molecular formula is C15H22BrNO2. The van der Waals surface area contributed by atoms with E-state index in [0.29, 0.717) is 12.0 Å². The van der Waals surface area contributed by atoms with Crippen molar-refractivity contribution in [2.24, 2.45) is 5.41 Å². The summed E-state index contributed by atoms with van der Waals surface area (Å²) in [5.74, 6) is -0.0993. The number of hydrogen-bond acceptors (Lipinski definition) is 2. The van der Waals surface area contributed by atoms with Gasteiger partial charge in [-0.05, 0) is 42.5 Å². The zero-order valence-electron chi connectivity index (χ0n) is 12.0. The summed E-state index contributed by atoms with van der Waals surface area (Å²) in [5, 5.41) is 12.1. The van der Waals surface area contributed by atoms with Crippen molar-refractivity contribution < 1.29 is 9.90 Å². The second-order valence-electron chi connectivity index (χ2n) is 5.92. The molecule has 3 nitrogen and oxygen atoms in total. The number of carbonyl (C=O) groups excluding carboxylic acids is 1. The van der Waals surface area contributed by atoms with Crippen molar-refractivity contribution in [3.63, 3.8) is 0 Å². The highest BCUT2D eigenvalue weighted by Crippen LogP contribution is 2.22. The lowest BCUT2D eigenvalue weighted by molar-refractivity contribution is 0.0885. The maximum absolute atomic E-state index is 12.3. The van der Waals surface area contributed by atoms with Gasteiger partial charge in [-0.1, -0.05) is 36.7 Å². The average Bonchev–Trinajstić information content (AvgIpc) is 2.25. The van der Waals surface area contributed by atoms with Crippen LogP contribution in [-0.4, -0.2) is 23.7 Å². The van der Waals surface area contributed by atoms with Gasteiger partial charge in [0.15, 0.2) is 0 Å². The van der Waals surface area contributed by atoms with Gasteiger partial charge in [-0.3, -0.25) is 4.79 Å². The highest BCUT2D eigenvalue weighted by molar-refractivity contribution is 9.10. The third kappa shape index (κ3) is 4.96. The number of hydrogen-bond donors (Lipinski definition) is 2. The van der Waals surface area contributed by atoms with E-state index in [1.165, 1.54) is 0 Å². The lowest BCUT2D eigenvalue weighted by atomic mass is 9.84. The van der Waals surface area contributed by atoms with Gasteiger partial charge in [-0.2, -0.15) is 0 Å². The van der Waals surface area contributed by atoms with Gasteiger partial charge in [0.1, 0.15) is 0 Å². The van der Waals surface area contributed by atoms with Gasteiger partial charge >= 0.3 is 0 Å². The van der Waals surface area contributed by atoms with Crippen molar-refractivity contribution in [3.05, 3.63) is 33.8 Å². The summed E-state index contributed by atoms with van der Waals surface area (Å²) in [6.07, 6.45) is 0.558. The minimum atomic E-state index is -0.0993. The molecule has 1 aromatic carbocycles. The summed E-state index contributed by atoms with van der Waals surface area (Å²) in [5.41, 5.74) is 1.59. The molecule has 0 aromatic heterocycles. The molecule has 0 saturated heterocycles. The van der Waals surface area contributed by atoms with E-state index in [1.54, 1.807) is 6.07 Å². The molecule has 0 aliphatic rings. The Morgan fingerprint density at radius 3 is 2.47 bits per heavy atom. The first-order valence-corrected chi connectivity index (χ1v) is 7.22. The molecule has 2 N–H and O–H groups in total. The van der Waals surface area contributed by atoms with Crippen LogP contribution in [0.2, 0.25) is 0 Å². The van der Waals surface area contributed by atoms with Crippen molar-refractivity contribution in [3.8, 4) is 0 Å². The molecule has 0 radical (unpaired) electrons. The molecule has 0 aliphatic carbocycles. The third-order valence-corrected chi connectivity index (χ3v) is 3.53. The van der Waals surface area contributed by atoms with Gasteiger partial charge in [-0.15, -0.1) is 0 Å². The summed E-state index contributed by atoms with van der Waals surface area (Å²) in [6.45, 7) is 8.19. The monoisotopic (exact) mass is 327 g/mol. The maximum Gasteiger partial charge on any atom is 0.251 e. The molecule has 4 heteroatoms. The number of carbonyl (C=O) groups is 1. The van der Waals surface area contributed by atoms with Crippen LogP contribution in [0, 0.1) is 12.3 Å². The Hall–Kier alpha value is -0.870. The molecule has 1 rings (SSSR count). The van der Waals surface area contributed by atoms with Crippen molar-refractivity contribution in [1.29, 1.82) is 0 Å². The van der Waals surface area contributed by atoms with Gasteiger partial charge in [0.25, 0.3) is 5.91 Å². The number of benzene rings is 1. The van der Waals surface area contributed by atoms with Crippen LogP contribution in [0.4, 0.5) is 0 Å². The van der Waals surface area contributed by atoms with E-state index >= 15 is 0 Å². The molecule has 0 aliphatic heterocycles. The second-order valence-corrected chi connectivity index (χ2v) is 6.84. The van der Waals surface area contributed by atoms with Crippen LogP contribution in [0.1, 0.15) is 43.1 Å². The van der Waals surface area contributed by atoms with Gasteiger partial charge in [0.2, 0.25) is 0 Å². The Balaban J connectivity index is 2.87. The molecule has 0 saturated carbocycles. The van der Waals surface area contributed by atoms with Crippen LogP contribution in [0.3, 0.4) is 0 Å². The van der Waals surface area contributed by atoms with E-state index in [2.05, 4.69) is 42.0 Å². The molecule has 1 atom stereocenters. The number of rotatable bonds is 4. The second kappa shape index (κ2) is 6.53. The van der Waals surface area contributed by atoms with Gasteiger partial charge < -0.3 is 10.4 Å². The molecule has 1 unspecified atom stereocenters. The summed E-state index contributed by atoms with van der Waals surface area (Å²) in [6, 6.07) is 5.58. The normalized spacial score (nSPS) is 13.2. The largest absolute Gasteiger partial charge is 0.396 e. The number of aryl methyl sites for hydroxylation is 1. The number of aliphatic hydroxyl groups is 1. The topological polar surface area (TPSA) is 49.3 Å². The number of nitrogens with one attached hydrogen (secondary N) is 1. The fourth-order valence-electron chi connectivity index (χ4n) is 1.96. The first-order chi connectivity index (χ1) is 8.74. The van der Waals surface area contributed by atoms with Crippen LogP contribution >= 0.6 is 15.9 Å². The Kier molecular flexibility index (Phi) is 5.56. The average molecular weight is 328 g/mol. The number of halogens is 1. The molecule has 1 aromatic rings. The van der Waals surface area contributed by atoms with Crippen LogP contribution in [0.15, 0.2) is 22.7 Å². The molecular weight excluding hydrogens is 306 g/mol. The van der Waals surface area contributed by atoms with Crippen LogP contribution < -0.4 is 5.32 Å². The van der Waals surface area contributed by atoms with Crippen molar-refractivity contribution in [1.82, 2.24) is 5.32 Å². The quantitative estimate of drug-likeness (QED) is 0.891. The van der Waals surface area contributed by atoms with Crippen LogP contribution in [0.5, 0.6) is 0 Å². The minimum absolute atomic E-state index is 0.0516. The third-order valence-electron chi connectivity index (χ3n) is 3.07. The molecule has 19 heavy (non-hydrogen) atoms. The van der Waals surface area contributed by atoms with E-state index in [1.807, 2.05) is 19.1 Å². The van der Waals surface area contributed by atoms with Gasteiger partial charge in [0.05, 0.1) is 0 Å². The summed E-state index contributed by atoms with van der Waals surface area (Å²) in [7, 11) is 0. The highest BCUT2D eigenvalue weighted by atomic mass is 79.9. The van der Waals surface area contributed by atoms with E-state index < -0.39 is 0 Å². The Bertz CT molecular complexity index is 432. The number of aliphatic hydroxyl groups excluding tert-OH is 1. The van der Waals surface area contributed by atoms with Crippen molar-refractivity contribution in [2.75, 3.05) is 6.61 Å². The standard InChI is InChI=1S/C15H22BrNO2/c1-10-7-11(9-12(16)8-10)14(19)17-13(5-6-18)15(2,3)4/h7-9,13,18H,5-6H2,1-4H3,(H,17,19). The fourth-order valence-corrected chi connectivity index (χ4v) is 2.57. The van der Waals surface area contributed by atoms with E-state index in [0.717, 1.165) is 10.0 Å². The zero-order chi connectivity index (χ0) is 14.6. The van der Waals surface area contributed by atoms with E-state index in [9.17, 15) is 4.79 Å². The fraction of sp³-hybridized carbons (Fsp3) is 0.533. The molecule has 0 fully saturated rings. The lowest BCUT2D eigenvalue weighted by Gasteiger charge is -2.31. The molecule has 0 bridgehead atoms. The highest BCUT2D eigenvalue weighted by Gasteiger charge is 2.26. The summed E-state index contributed by atoms with van der Waals surface area (Å²) >= 11 is 3.40. The first kappa shape index (κ1) is 16.2. The molecule has 106 valence electrons. The maximum atomic E-state index is 12.3. The van der Waals surface area contributed by atoms with E-state index in [-0.39, 0.29) is 24.0 Å². The molecule has 1 amide bonds. The van der Waals surface area contributed by atoms with E-state index in [4.69, 9.17) is 5.11 Å².